The fourth-order valence-electron chi connectivity index (χ4n) is 1.26. The highest BCUT2D eigenvalue weighted by atomic mass is 16.5. The highest BCUT2D eigenvalue weighted by Crippen LogP contribution is 2.22. The lowest BCUT2D eigenvalue weighted by Gasteiger charge is -2.08. The first-order chi connectivity index (χ1) is 5.59. The number of hydrogen-bond acceptors (Lipinski definition) is 2. The first-order valence-electron chi connectivity index (χ1n) is 4.47. The minimum atomic E-state index is -0.0686. The summed E-state index contributed by atoms with van der Waals surface area (Å²) in [7, 11) is 0. The molecule has 12 heavy (non-hydrogen) atoms. The number of carbonyl (C=O) groups is 1. The summed E-state index contributed by atoms with van der Waals surface area (Å²) >= 11 is 0. The van der Waals surface area contributed by atoms with Crippen LogP contribution in [-0.2, 0) is 9.53 Å². The summed E-state index contributed by atoms with van der Waals surface area (Å²) in [4.78, 5) is 10.9. The Morgan fingerprint density at radius 3 is 2.67 bits per heavy atom. The zero-order valence-corrected chi connectivity index (χ0v) is 7.91. The van der Waals surface area contributed by atoms with Gasteiger partial charge in [-0.25, -0.2) is 0 Å². The molecule has 0 N–H and O–H groups in total. The molecule has 0 aromatic carbocycles. The fourth-order valence-corrected chi connectivity index (χ4v) is 1.26. The van der Waals surface area contributed by atoms with Crippen molar-refractivity contribution in [2.24, 2.45) is 11.8 Å². The van der Waals surface area contributed by atoms with Crippen LogP contribution in [0, 0.1) is 11.8 Å². The third-order valence-corrected chi connectivity index (χ3v) is 2.00. The second kappa shape index (κ2) is 3.74. The maximum absolute atomic E-state index is 10.9. The molecule has 0 spiro atoms. The minimum Gasteiger partial charge on any atom is -0.458 e. The van der Waals surface area contributed by atoms with Gasteiger partial charge in [-0.15, -0.1) is 0 Å². The highest BCUT2D eigenvalue weighted by molar-refractivity contribution is 5.72. The Balaban J connectivity index is 2.48. The summed E-state index contributed by atoms with van der Waals surface area (Å²) in [6.45, 7) is 6.26. The van der Waals surface area contributed by atoms with Crippen molar-refractivity contribution in [3.8, 4) is 0 Å². The molecule has 0 amide bonds. The van der Waals surface area contributed by atoms with Crippen LogP contribution >= 0.6 is 0 Å². The van der Waals surface area contributed by atoms with Crippen LogP contribution in [0.15, 0.2) is 12.2 Å². The van der Waals surface area contributed by atoms with Gasteiger partial charge in [0.1, 0.15) is 6.10 Å². The van der Waals surface area contributed by atoms with Crippen LogP contribution < -0.4 is 0 Å². The maximum Gasteiger partial charge on any atom is 0.306 e. The van der Waals surface area contributed by atoms with Crippen molar-refractivity contribution in [1.82, 2.24) is 0 Å². The second-order valence-corrected chi connectivity index (χ2v) is 3.76. The van der Waals surface area contributed by atoms with Gasteiger partial charge in [-0.3, -0.25) is 4.79 Å². The molecule has 0 bridgehead atoms. The van der Waals surface area contributed by atoms with E-state index in [9.17, 15) is 4.79 Å². The normalized spacial score (nSPS) is 30.2. The van der Waals surface area contributed by atoms with E-state index in [1.54, 1.807) is 0 Å². The Bertz CT molecular complexity index is 194. The zero-order chi connectivity index (χ0) is 9.14. The number of allylic oxidation sites excluding steroid dienone is 1. The number of esters is 1. The van der Waals surface area contributed by atoms with Crippen LogP contribution in [0.4, 0.5) is 0 Å². The van der Waals surface area contributed by atoms with E-state index < -0.39 is 0 Å². The first kappa shape index (κ1) is 9.30. The van der Waals surface area contributed by atoms with Gasteiger partial charge in [0.15, 0.2) is 0 Å². The van der Waals surface area contributed by atoms with Crippen LogP contribution in [0.1, 0.15) is 27.2 Å². The van der Waals surface area contributed by atoms with Crippen molar-refractivity contribution in [1.29, 1.82) is 0 Å². The summed E-state index contributed by atoms with van der Waals surface area (Å²) in [5.41, 5.74) is 0. The predicted octanol–water partition coefficient (Wildman–Crippen LogP) is 2.15. The van der Waals surface area contributed by atoms with E-state index in [2.05, 4.69) is 19.9 Å². The van der Waals surface area contributed by atoms with Crippen molar-refractivity contribution in [3.05, 3.63) is 12.2 Å². The second-order valence-electron chi connectivity index (χ2n) is 3.76. The number of cyclic esters (lactones) is 1. The topological polar surface area (TPSA) is 26.3 Å². The molecule has 0 aliphatic carbocycles. The Labute approximate surface area is 73.6 Å². The molecular weight excluding hydrogens is 152 g/mol. The SMILES string of the molecule is CC(C)/C=C/C1OC(=O)CC1C. The summed E-state index contributed by atoms with van der Waals surface area (Å²) in [5, 5.41) is 0. The molecule has 0 aromatic heterocycles. The number of rotatable bonds is 2. The fraction of sp³-hybridized carbons (Fsp3) is 0.700. The average molecular weight is 168 g/mol. The Morgan fingerprint density at radius 2 is 2.25 bits per heavy atom. The molecule has 2 nitrogen and oxygen atoms in total. The first-order valence-corrected chi connectivity index (χ1v) is 4.47. The van der Waals surface area contributed by atoms with Crippen LogP contribution in [0.3, 0.4) is 0 Å². The molecule has 1 aliphatic rings. The number of hydrogen-bond donors (Lipinski definition) is 0. The van der Waals surface area contributed by atoms with Crippen molar-refractivity contribution >= 4 is 5.97 Å². The quantitative estimate of drug-likeness (QED) is 0.466. The van der Waals surface area contributed by atoms with Gasteiger partial charge in [0.2, 0.25) is 0 Å². The van der Waals surface area contributed by atoms with E-state index in [4.69, 9.17) is 4.74 Å². The van der Waals surface area contributed by atoms with Crippen LogP contribution in [0.5, 0.6) is 0 Å². The standard InChI is InChI=1S/C10H16O2/c1-7(2)4-5-9-8(3)6-10(11)12-9/h4-5,7-9H,6H2,1-3H3/b5-4+. The van der Waals surface area contributed by atoms with E-state index in [-0.39, 0.29) is 12.1 Å². The molecule has 0 saturated carbocycles. The lowest BCUT2D eigenvalue weighted by atomic mass is 10.0. The number of carbonyl (C=O) groups excluding carboxylic acids is 1. The minimum absolute atomic E-state index is 0.0138. The summed E-state index contributed by atoms with van der Waals surface area (Å²) in [5.74, 6) is 0.796. The molecule has 2 atom stereocenters. The van der Waals surface area contributed by atoms with Gasteiger partial charge in [0.25, 0.3) is 0 Å². The summed E-state index contributed by atoms with van der Waals surface area (Å²) in [6.07, 6.45) is 4.66. The van der Waals surface area contributed by atoms with Crippen LogP contribution in [0.25, 0.3) is 0 Å². The molecule has 1 fully saturated rings. The van der Waals surface area contributed by atoms with E-state index in [1.165, 1.54) is 0 Å². The van der Waals surface area contributed by atoms with E-state index in [1.807, 2.05) is 13.0 Å². The maximum atomic E-state index is 10.9. The van der Waals surface area contributed by atoms with E-state index in [0.717, 1.165) is 0 Å². The smallest absolute Gasteiger partial charge is 0.306 e. The molecule has 2 heteroatoms. The van der Waals surface area contributed by atoms with Crippen molar-refractivity contribution in [3.63, 3.8) is 0 Å². The third kappa shape index (κ3) is 2.36. The van der Waals surface area contributed by atoms with Gasteiger partial charge >= 0.3 is 5.97 Å². The van der Waals surface area contributed by atoms with Gasteiger partial charge in [0, 0.05) is 5.92 Å². The lowest BCUT2D eigenvalue weighted by molar-refractivity contribution is -0.140. The largest absolute Gasteiger partial charge is 0.458 e. The van der Waals surface area contributed by atoms with Gasteiger partial charge < -0.3 is 4.74 Å². The Kier molecular flexibility index (Phi) is 2.90. The third-order valence-electron chi connectivity index (χ3n) is 2.00. The zero-order valence-electron chi connectivity index (χ0n) is 7.91. The monoisotopic (exact) mass is 168 g/mol. The lowest BCUT2D eigenvalue weighted by Crippen LogP contribution is -2.09. The van der Waals surface area contributed by atoms with Crippen molar-refractivity contribution < 1.29 is 9.53 Å². The van der Waals surface area contributed by atoms with Crippen LogP contribution in [-0.4, -0.2) is 12.1 Å². The molecule has 68 valence electrons. The van der Waals surface area contributed by atoms with Crippen LogP contribution in [0.2, 0.25) is 0 Å². The van der Waals surface area contributed by atoms with Gasteiger partial charge in [0.05, 0.1) is 6.42 Å². The van der Waals surface area contributed by atoms with E-state index >= 15 is 0 Å². The van der Waals surface area contributed by atoms with Gasteiger partial charge in [-0.2, -0.15) is 0 Å². The average Bonchev–Trinajstić information content (AvgIpc) is 2.26. The molecule has 1 saturated heterocycles. The van der Waals surface area contributed by atoms with Gasteiger partial charge in [-0.05, 0) is 12.0 Å². The number of ether oxygens (including phenoxy) is 1. The predicted molar refractivity (Wildman–Crippen MR) is 47.6 cm³/mol. The van der Waals surface area contributed by atoms with Gasteiger partial charge in [-0.1, -0.05) is 26.8 Å². The van der Waals surface area contributed by atoms with E-state index in [0.29, 0.717) is 18.3 Å². The van der Waals surface area contributed by atoms with Crippen molar-refractivity contribution in [2.75, 3.05) is 0 Å². The van der Waals surface area contributed by atoms with Crippen molar-refractivity contribution in [2.45, 2.75) is 33.3 Å². The summed E-state index contributed by atoms with van der Waals surface area (Å²) in [6, 6.07) is 0. The molecule has 1 rings (SSSR count). The molecule has 0 aromatic rings. The molecular formula is C10H16O2. The Hall–Kier alpha value is -0.790. The molecule has 1 heterocycles. The highest BCUT2D eigenvalue weighted by Gasteiger charge is 2.28. The molecule has 1 aliphatic heterocycles. The molecule has 2 unspecified atom stereocenters. The Morgan fingerprint density at radius 1 is 1.58 bits per heavy atom. The summed E-state index contributed by atoms with van der Waals surface area (Å²) < 4.78 is 5.10. The molecule has 0 radical (unpaired) electrons.